The number of nitrogens with zero attached hydrogens (tertiary/aromatic N) is 1. The molecular weight excluding hydrogens is 294 g/mol. The summed E-state index contributed by atoms with van der Waals surface area (Å²) in [6.07, 6.45) is 22.5. The molecule has 0 saturated heterocycles. The molecule has 0 rings (SSSR count). The van der Waals surface area contributed by atoms with E-state index < -0.39 is 0 Å². The highest BCUT2D eigenvalue weighted by Gasteiger charge is 2.22. The minimum absolute atomic E-state index is 0.384. The number of carbonyl (C=O) groups is 1. The Bertz CT molecular complexity index is 320. The molecule has 0 aromatic carbocycles. The summed E-state index contributed by atoms with van der Waals surface area (Å²) < 4.78 is 0.531. The van der Waals surface area contributed by atoms with Crippen molar-refractivity contribution in [3.8, 4) is 0 Å². The summed E-state index contributed by atoms with van der Waals surface area (Å²) in [7, 11) is 4.03. The molecule has 0 heterocycles. The fourth-order valence-corrected chi connectivity index (χ4v) is 2.83. The van der Waals surface area contributed by atoms with Gasteiger partial charge in [0.15, 0.2) is 0 Å². The Morgan fingerprint density at radius 1 is 0.708 bits per heavy atom. The topological polar surface area (TPSA) is 17.1 Å². The predicted molar refractivity (Wildman–Crippen MR) is 107 cm³/mol. The van der Waals surface area contributed by atoms with Crippen LogP contribution in [-0.2, 0) is 4.79 Å². The first-order chi connectivity index (χ1) is 11.5. The van der Waals surface area contributed by atoms with Gasteiger partial charge in [0.05, 0.1) is 27.1 Å². The van der Waals surface area contributed by atoms with Gasteiger partial charge in [-0.25, -0.2) is 4.79 Å². The van der Waals surface area contributed by atoms with Crippen LogP contribution < -0.4 is 0 Å². The average Bonchev–Trinajstić information content (AvgIpc) is 2.58. The van der Waals surface area contributed by atoms with E-state index >= 15 is 0 Å². The van der Waals surface area contributed by atoms with Crippen molar-refractivity contribution in [1.29, 1.82) is 0 Å². The van der Waals surface area contributed by atoms with Gasteiger partial charge in [0.1, 0.15) is 0 Å². The second kappa shape index (κ2) is 15.9. The third-order valence-corrected chi connectivity index (χ3v) is 5.12. The Balaban J connectivity index is 3.30. The van der Waals surface area contributed by atoms with E-state index in [2.05, 4.69) is 26.0 Å². The van der Waals surface area contributed by atoms with Gasteiger partial charge in [0.2, 0.25) is 0 Å². The van der Waals surface area contributed by atoms with Gasteiger partial charge >= 0.3 is 5.91 Å². The van der Waals surface area contributed by atoms with Gasteiger partial charge < -0.3 is 0 Å². The van der Waals surface area contributed by atoms with Gasteiger partial charge in [-0.05, 0) is 39.0 Å². The molecule has 0 saturated carbocycles. The molecule has 1 amide bonds. The van der Waals surface area contributed by atoms with Gasteiger partial charge in [-0.2, -0.15) is 0 Å². The monoisotopic (exact) mass is 338 g/mol. The summed E-state index contributed by atoms with van der Waals surface area (Å²) in [5, 5.41) is 0. The first kappa shape index (κ1) is 23.4. The highest BCUT2D eigenvalue weighted by Crippen LogP contribution is 2.11. The fourth-order valence-electron chi connectivity index (χ4n) is 2.83. The molecule has 2 nitrogen and oxygen atoms in total. The maximum atomic E-state index is 12.0. The van der Waals surface area contributed by atoms with Crippen LogP contribution in [0.1, 0.15) is 104 Å². The lowest BCUT2D eigenvalue weighted by Crippen LogP contribution is -2.45. The summed E-state index contributed by atoms with van der Waals surface area (Å²) in [5.41, 5.74) is 0. The summed E-state index contributed by atoms with van der Waals surface area (Å²) in [6, 6.07) is 0. The summed E-state index contributed by atoms with van der Waals surface area (Å²) in [5.74, 6) is 0.384. The Kier molecular flexibility index (Phi) is 15.5. The zero-order chi connectivity index (χ0) is 18.1. The van der Waals surface area contributed by atoms with Crippen molar-refractivity contribution >= 4 is 5.91 Å². The molecule has 0 radical (unpaired) electrons. The number of carbonyl (C=O) groups excluding carboxylic acids is 1. The van der Waals surface area contributed by atoms with Gasteiger partial charge in [-0.1, -0.05) is 70.4 Å². The van der Waals surface area contributed by atoms with Crippen molar-refractivity contribution in [3.63, 3.8) is 0 Å². The number of allylic oxidation sites excluding steroid dienone is 2. The molecule has 2 heteroatoms. The first-order valence-electron chi connectivity index (χ1n) is 10.6. The molecule has 0 unspecified atom stereocenters. The number of unbranched alkanes of at least 4 members (excludes halogenated alkanes) is 11. The predicted octanol–water partition coefficient (Wildman–Crippen LogP) is 6.65. The van der Waals surface area contributed by atoms with Crippen molar-refractivity contribution < 1.29 is 9.28 Å². The van der Waals surface area contributed by atoms with Crippen LogP contribution in [-0.4, -0.2) is 31.0 Å². The van der Waals surface area contributed by atoms with E-state index in [-0.39, 0.29) is 0 Å². The van der Waals surface area contributed by atoms with Crippen LogP contribution in [0.5, 0.6) is 0 Å². The largest absolute Gasteiger partial charge is 0.313 e. The number of hydrogen-bond acceptors (Lipinski definition) is 1. The normalized spacial score (nSPS) is 12.2. The van der Waals surface area contributed by atoms with Crippen LogP contribution >= 0.6 is 0 Å². The quantitative estimate of drug-likeness (QED) is 0.175. The lowest BCUT2D eigenvalue weighted by molar-refractivity contribution is -0.812. The number of amides is 1. The molecule has 0 spiro atoms. The maximum absolute atomic E-state index is 12.0. The maximum Gasteiger partial charge on any atom is 0.313 e. The van der Waals surface area contributed by atoms with Crippen LogP contribution in [0.3, 0.4) is 0 Å². The standard InChI is InChI=1S/C22H44NO/c1-5-7-8-9-10-11-12-13-14-15-16-17-18-19-20-21-22(24)23(3,4)6-2/h13-14H,5-12,15-21H2,1-4H3/q+1. The third kappa shape index (κ3) is 13.8. The molecular formula is C22H44NO+. The molecule has 0 atom stereocenters. The Morgan fingerprint density at radius 2 is 1.17 bits per heavy atom. The summed E-state index contributed by atoms with van der Waals surface area (Å²) >= 11 is 0. The number of quaternary nitrogens is 1. The van der Waals surface area contributed by atoms with Crippen molar-refractivity contribution in [1.82, 2.24) is 0 Å². The molecule has 24 heavy (non-hydrogen) atoms. The minimum atomic E-state index is 0.384. The van der Waals surface area contributed by atoms with E-state index in [4.69, 9.17) is 0 Å². The second-order valence-corrected chi connectivity index (χ2v) is 7.73. The molecule has 0 aromatic rings. The SMILES string of the molecule is CCCCCCCCC=CCCCCCCCC(=O)[N+](C)(C)CC. The van der Waals surface area contributed by atoms with Gasteiger partial charge in [-0.15, -0.1) is 0 Å². The van der Waals surface area contributed by atoms with E-state index in [1.54, 1.807) is 0 Å². The zero-order valence-electron chi connectivity index (χ0n) is 17.1. The van der Waals surface area contributed by atoms with Crippen LogP contribution in [0.4, 0.5) is 0 Å². The van der Waals surface area contributed by atoms with Crippen molar-refractivity contribution in [2.75, 3.05) is 20.6 Å². The van der Waals surface area contributed by atoms with Crippen molar-refractivity contribution in [2.45, 2.75) is 104 Å². The molecule has 0 bridgehead atoms. The average molecular weight is 339 g/mol. The number of rotatable bonds is 16. The highest BCUT2D eigenvalue weighted by molar-refractivity contribution is 5.68. The highest BCUT2D eigenvalue weighted by atomic mass is 16.2. The smallest absolute Gasteiger partial charge is 0.266 e. The lowest BCUT2D eigenvalue weighted by Gasteiger charge is -2.24. The van der Waals surface area contributed by atoms with Gasteiger partial charge in [-0.3, -0.25) is 4.48 Å². The van der Waals surface area contributed by atoms with E-state index in [9.17, 15) is 4.79 Å². The van der Waals surface area contributed by atoms with E-state index in [1.165, 1.54) is 77.0 Å². The number of hydrogen-bond donors (Lipinski definition) is 0. The van der Waals surface area contributed by atoms with E-state index in [1.807, 2.05) is 14.1 Å². The Hall–Kier alpha value is -0.630. The van der Waals surface area contributed by atoms with Crippen molar-refractivity contribution in [3.05, 3.63) is 12.2 Å². The molecule has 0 aliphatic carbocycles. The molecule has 0 aliphatic heterocycles. The molecule has 142 valence electrons. The molecule has 0 N–H and O–H groups in total. The lowest BCUT2D eigenvalue weighted by atomic mass is 10.1. The zero-order valence-corrected chi connectivity index (χ0v) is 17.1. The molecule has 0 fully saturated rings. The van der Waals surface area contributed by atoms with Gasteiger partial charge in [0, 0.05) is 0 Å². The minimum Gasteiger partial charge on any atom is -0.266 e. The summed E-state index contributed by atoms with van der Waals surface area (Å²) in [4.78, 5) is 12.0. The molecule has 0 aromatic heterocycles. The van der Waals surface area contributed by atoms with Crippen molar-refractivity contribution in [2.24, 2.45) is 0 Å². The Labute approximate surface area is 152 Å². The summed E-state index contributed by atoms with van der Waals surface area (Å²) in [6.45, 7) is 5.25. The van der Waals surface area contributed by atoms with Gasteiger partial charge in [0.25, 0.3) is 0 Å². The van der Waals surface area contributed by atoms with Crippen LogP contribution in [0.15, 0.2) is 12.2 Å². The van der Waals surface area contributed by atoms with Crippen LogP contribution in [0.2, 0.25) is 0 Å². The first-order valence-corrected chi connectivity index (χ1v) is 10.6. The molecule has 0 aliphatic rings. The second-order valence-electron chi connectivity index (χ2n) is 7.73. The fraction of sp³-hybridized carbons (Fsp3) is 0.864. The van der Waals surface area contributed by atoms with E-state index in [0.717, 1.165) is 19.4 Å². The third-order valence-electron chi connectivity index (χ3n) is 5.12. The Morgan fingerprint density at radius 3 is 1.67 bits per heavy atom. The van der Waals surface area contributed by atoms with E-state index in [0.29, 0.717) is 10.4 Å². The van der Waals surface area contributed by atoms with Crippen LogP contribution in [0, 0.1) is 0 Å². The van der Waals surface area contributed by atoms with Crippen LogP contribution in [0.25, 0.3) is 0 Å².